The fourth-order valence-electron chi connectivity index (χ4n) is 3.86. The summed E-state index contributed by atoms with van der Waals surface area (Å²) in [6.07, 6.45) is 2.90. The fraction of sp³-hybridized carbons (Fsp3) is 0.650. The van der Waals surface area contributed by atoms with Gasteiger partial charge in [-0.05, 0) is 50.5 Å². The SMILES string of the molecule is CCON([C@H]1CN(C(=O)OCc2ccccc2)CC[C@@H]1C1CC1)[PH](=O)OCC. The van der Waals surface area contributed by atoms with E-state index < -0.39 is 8.18 Å². The maximum absolute atomic E-state index is 12.6. The van der Waals surface area contributed by atoms with Crippen LogP contribution in [-0.2, 0) is 25.3 Å². The van der Waals surface area contributed by atoms with Gasteiger partial charge in [-0.2, -0.15) is 0 Å². The van der Waals surface area contributed by atoms with E-state index >= 15 is 0 Å². The Balaban J connectivity index is 1.66. The number of nitrogens with zero attached hydrogens (tertiary/aromatic N) is 2. The first kappa shape index (κ1) is 21.3. The molecule has 1 aliphatic heterocycles. The van der Waals surface area contributed by atoms with E-state index in [1.165, 1.54) is 17.7 Å². The van der Waals surface area contributed by atoms with Crippen molar-refractivity contribution in [3.05, 3.63) is 35.9 Å². The second-order valence-electron chi connectivity index (χ2n) is 7.29. The first-order valence-electron chi connectivity index (χ1n) is 10.2. The molecule has 8 heteroatoms. The average Bonchev–Trinajstić information content (AvgIpc) is 3.56. The summed E-state index contributed by atoms with van der Waals surface area (Å²) in [5, 5.41) is 0. The van der Waals surface area contributed by atoms with Crippen molar-refractivity contribution in [1.29, 1.82) is 0 Å². The molecular weight excluding hydrogens is 379 g/mol. The van der Waals surface area contributed by atoms with Crippen LogP contribution >= 0.6 is 8.18 Å². The molecule has 2 fully saturated rings. The van der Waals surface area contributed by atoms with E-state index in [4.69, 9.17) is 14.1 Å². The summed E-state index contributed by atoms with van der Waals surface area (Å²) in [7, 11) is -2.50. The third-order valence-electron chi connectivity index (χ3n) is 5.34. The van der Waals surface area contributed by atoms with Crippen molar-refractivity contribution in [2.75, 3.05) is 26.3 Å². The molecule has 1 amide bonds. The molecule has 1 aromatic carbocycles. The van der Waals surface area contributed by atoms with Gasteiger partial charge in [0.1, 0.15) is 6.61 Å². The van der Waals surface area contributed by atoms with E-state index in [-0.39, 0.29) is 18.7 Å². The number of rotatable bonds is 9. The Kier molecular flexibility index (Phi) is 7.91. The maximum Gasteiger partial charge on any atom is 0.410 e. The number of likely N-dealkylation sites (tertiary alicyclic amines) is 1. The van der Waals surface area contributed by atoms with Crippen LogP contribution in [0.5, 0.6) is 0 Å². The van der Waals surface area contributed by atoms with Crippen molar-refractivity contribution in [2.45, 2.75) is 45.8 Å². The Morgan fingerprint density at radius 2 is 1.93 bits per heavy atom. The second-order valence-corrected chi connectivity index (χ2v) is 8.55. The summed E-state index contributed by atoms with van der Waals surface area (Å²) in [4.78, 5) is 21.6. The summed E-state index contributed by atoms with van der Waals surface area (Å²) >= 11 is 0. The molecule has 0 aromatic heterocycles. The van der Waals surface area contributed by atoms with E-state index in [2.05, 4.69) is 0 Å². The van der Waals surface area contributed by atoms with Gasteiger partial charge in [-0.25, -0.2) is 4.79 Å². The highest BCUT2D eigenvalue weighted by atomic mass is 31.1. The minimum atomic E-state index is -2.50. The van der Waals surface area contributed by atoms with E-state index in [0.29, 0.717) is 38.1 Å². The Labute approximate surface area is 167 Å². The highest BCUT2D eigenvalue weighted by Crippen LogP contribution is 2.46. The van der Waals surface area contributed by atoms with Crippen LogP contribution in [0, 0.1) is 11.8 Å². The van der Waals surface area contributed by atoms with Crippen LogP contribution < -0.4 is 0 Å². The van der Waals surface area contributed by atoms with Crippen molar-refractivity contribution < 1.29 is 23.5 Å². The molecule has 1 aliphatic carbocycles. The van der Waals surface area contributed by atoms with Gasteiger partial charge in [0.2, 0.25) is 0 Å². The number of benzene rings is 1. The summed E-state index contributed by atoms with van der Waals surface area (Å²) in [6.45, 7) is 5.81. The molecule has 2 aliphatic rings. The average molecular weight is 410 g/mol. The van der Waals surface area contributed by atoms with Gasteiger partial charge in [0.05, 0.1) is 19.3 Å². The van der Waals surface area contributed by atoms with Crippen LogP contribution in [0.1, 0.15) is 38.7 Å². The zero-order valence-electron chi connectivity index (χ0n) is 16.7. The monoisotopic (exact) mass is 410 g/mol. The van der Waals surface area contributed by atoms with Crippen molar-refractivity contribution in [1.82, 2.24) is 9.73 Å². The normalized spacial score (nSPS) is 23.6. The lowest BCUT2D eigenvalue weighted by Gasteiger charge is -2.42. The molecule has 0 bridgehead atoms. The Morgan fingerprint density at radius 3 is 2.57 bits per heavy atom. The third kappa shape index (κ3) is 5.57. The Bertz CT molecular complexity index is 655. The number of hydroxylamine groups is 1. The molecule has 1 aromatic rings. The standard InChI is InChI=1S/C20H31N2O5P/c1-3-26-22(28(24)27-4-2)19-14-21(13-12-18(19)17-10-11-17)20(23)25-15-16-8-6-5-7-9-16/h5-9,17-19,28H,3-4,10-15H2,1-2H3/t18-,19+/m1/s1. The predicted molar refractivity (Wildman–Crippen MR) is 107 cm³/mol. The molecule has 1 unspecified atom stereocenters. The van der Waals surface area contributed by atoms with Crippen LogP contribution in [0.2, 0.25) is 0 Å². The van der Waals surface area contributed by atoms with E-state index in [1.54, 1.807) is 4.90 Å². The van der Waals surface area contributed by atoms with E-state index in [0.717, 1.165) is 12.0 Å². The predicted octanol–water partition coefficient (Wildman–Crippen LogP) is 4.10. The lowest BCUT2D eigenvalue weighted by atomic mass is 9.88. The van der Waals surface area contributed by atoms with Crippen molar-refractivity contribution in [3.63, 3.8) is 0 Å². The molecule has 1 saturated carbocycles. The van der Waals surface area contributed by atoms with Gasteiger partial charge in [-0.15, -0.1) is 4.83 Å². The third-order valence-corrected chi connectivity index (χ3v) is 6.70. The van der Waals surface area contributed by atoms with Gasteiger partial charge in [0, 0.05) is 13.1 Å². The number of amides is 1. The number of piperidine rings is 1. The number of hydrogen-bond donors (Lipinski definition) is 0. The topological polar surface area (TPSA) is 68.3 Å². The van der Waals surface area contributed by atoms with Crippen molar-refractivity contribution in [2.24, 2.45) is 11.8 Å². The molecule has 3 atom stereocenters. The van der Waals surface area contributed by atoms with Gasteiger partial charge >= 0.3 is 6.09 Å². The van der Waals surface area contributed by atoms with Crippen LogP contribution in [-0.4, -0.2) is 48.2 Å². The molecule has 0 N–H and O–H groups in total. The number of carbonyl (C=O) groups is 1. The quantitative estimate of drug-likeness (QED) is 0.451. The molecule has 3 rings (SSSR count). The van der Waals surface area contributed by atoms with Crippen LogP contribution in [0.4, 0.5) is 4.79 Å². The van der Waals surface area contributed by atoms with Crippen LogP contribution in [0.15, 0.2) is 30.3 Å². The molecular formula is C20H31N2O5P. The van der Waals surface area contributed by atoms with Crippen LogP contribution in [0.3, 0.4) is 0 Å². The van der Waals surface area contributed by atoms with E-state index in [1.807, 2.05) is 44.2 Å². The smallest absolute Gasteiger partial charge is 0.410 e. The summed E-state index contributed by atoms with van der Waals surface area (Å²) in [5.41, 5.74) is 0.956. The van der Waals surface area contributed by atoms with Gasteiger partial charge in [-0.3, -0.25) is 9.40 Å². The lowest BCUT2D eigenvalue weighted by Crippen LogP contribution is -2.53. The van der Waals surface area contributed by atoms with E-state index in [9.17, 15) is 9.36 Å². The number of hydrogen-bond acceptors (Lipinski definition) is 5. The Morgan fingerprint density at radius 1 is 1.18 bits per heavy atom. The second kappa shape index (κ2) is 10.4. The fourth-order valence-corrected chi connectivity index (χ4v) is 5.01. The molecule has 28 heavy (non-hydrogen) atoms. The molecule has 0 spiro atoms. The largest absolute Gasteiger partial charge is 0.445 e. The van der Waals surface area contributed by atoms with Gasteiger partial charge in [-0.1, -0.05) is 30.3 Å². The summed E-state index contributed by atoms with van der Waals surface area (Å²) < 4.78 is 23.5. The first-order valence-corrected chi connectivity index (χ1v) is 11.4. The zero-order chi connectivity index (χ0) is 19.9. The minimum Gasteiger partial charge on any atom is -0.445 e. The number of ether oxygens (including phenoxy) is 1. The first-order chi connectivity index (χ1) is 13.6. The van der Waals surface area contributed by atoms with Crippen molar-refractivity contribution >= 4 is 14.3 Å². The molecule has 1 saturated heterocycles. The maximum atomic E-state index is 12.6. The highest BCUT2D eigenvalue weighted by molar-refractivity contribution is 7.36. The molecule has 156 valence electrons. The molecule has 7 nitrogen and oxygen atoms in total. The minimum absolute atomic E-state index is 0.136. The summed E-state index contributed by atoms with van der Waals surface area (Å²) in [6, 6.07) is 9.50. The van der Waals surface area contributed by atoms with Gasteiger partial charge in [0.15, 0.2) is 0 Å². The van der Waals surface area contributed by atoms with Crippen molar-refractivity contribution in [3.8, 4) is 0 Å². The number of carbonyl (C=O) groups excluding carboxylic acids is 1. The van der Waals surface area contributed by atoms with Crippen LogP contribution in [0.25, 0.3) is 0 Å². The highest BCUT2D eigenvalue weighted by Gasteiger charge is 2.45. The zero-order valence-corrected chi connectivity index (χ0v) is 17.7. The lowest BCUT2D eigenvalue weighted by molar-refractivity contribution is -0.141. The summed E-state index contributed by atoms with van der Waals surface area (Å²) in [5.74, 6) is 0.978. The Hall–Kier alpha value is -1.40. The molecule has 1 heterocycles. The van der Waals surface area contributed by atoms with Gasteiger partial charge < -0.3 is 14.2 Å². The van der Waals surface area contributed by atoms with Gasteiger partial charge in [0.25, 0.3) is 8.18 Å². The molecule has 0 radical (unpaired) electrons.